The minimum absolute atomic E-state index is 0.0307. The zero-order valence-electron chi connectivity index (χ0n) is 10.3. The molecule has 3 nitrogen and oxygen atoms in total. The van der Waals surface area contributed by atoms with E-state index in [0.717, 1.165) is 18.6 Å². The van der Waals surface area contributed by atoms with Crippen LogP contribution in [0.5, 0.6) is 0 Å². The van der Waals surface area contributed by atoms with Crippen molar-refractivity contribution in [2.45, 2.75) is 19.5 Å². The minimum Gasteiger partial charge on any atom is -0.325 e. The molecule has 1 rings (SSSR count). The van der Waals surface area contributed by atoms with Crippen LogP contribution >= 0.6 is 11.6 Å². The second-order valence-corrected chi connectivity index (χ2v) is 4.39. The molecule has 7 heteroatoms. The summed E-state index contributed by atoms with van der Waals surface area (Å²) in [7, 11) is 0. The second kappa shape index (κ2) is 6.77. The summed E-state index contributed by atoms with van der Waals surface area (Å²) in [5.41, 5.74) is -0.861. The van der Waals surface area contributed by atoms with Crippen LogP contribution in [0.15, 0.2) is 18.2 Å². The molecule has 0 atom stereocenters. The molecule has 2 N–H and O–H groups in total. The van der Waals surface area contributed by atoms with Crippen molar-refractivity contribution < 1.29 is 18.0 Å². The molecule has 0 radical (unpaired) electrons. The van der Waals surface area contributed by atoms with E-state index in [-0.39, 0.29) is 17.3 Å². The van der Waals surface area contributed by atoms with Crippen LogP contribution in [0.2, 0.25) is 5.02 Å². The van der Waals surface area contributed by atoms with Crippen LogP contribution in [0.4, 0.5) is 18.9 Å². The first-order valence-corrected chi connectivity index (χ1v) is 6.09. The zero-order valence-corrected chi connectivity index (χ0v) is 11.0. The summed E-state index contributed by atoms with van der Waals surface area (Å²) in [6.45, 7) is 2.65. The Hall–Kier alpha value is -1.27. The van der Waals surface area contributed by atoms with E-state index < -0.39 is 17.6 Å². The van der Waals surface area contributed by atoms with Crippen molar-refractivity contribution in [1.82, 2.24) is 5.32 Å². The Morgan fingerprint density at radius 1 is 1.32 bits per heavy atom. The van der Waals surface area contributed by atoms with Crippen molar-refractivity contribution in [3.8, 4) is 0 Å². The number of nitrogens with one attached hydrogen (secondary N) is 2. The summed E-state index contributed by atoms with van der Waals surface area (Å²) in [6, 6.07) is 2.94. The van der Waals surface area contributed by atoms with E-state index in [4.69, 9.17) is 11.6 Å². The average Bonchev–Trinajstić information content (AvgIpc) is 2.27. The lowest BCUT2D eigenvalue weighted by molar-refractivity contribution is -0.137. The third-order valence-corrected chi connectivity index (χ3v) is 2.44. The maximum atomic E-state index is 12.6. The number of halogens is 4. The fraction of sp³-hybridized carbons (Fsp3) is 0.417. The molecule has 1 aromatic carbocycles. The highest BCUT2D eigenvalue weighted by atomic mass is 35.5. The Morgan fingerprint density at radius 3 is 2.58 bits per heavy atom. The molecule has 0 spiro atoms. The lowest BCUT2D eigenvalue weighted by Crippen LogP contribution is -2.28. The Balaban J connectivity index is 2.73. The number of rotatable bonds is 5. The smallest absolute Gasteiger partial charge is 0.325 e. The highest BCUT2D eigenvalue weighted by Crippen LogP contribution is 2.33. The molecule has 1 amide bonds. The third-order valence-electron chi connectivity index (χ3n) is 2.22. The van der Waals surface area contributed by atoms with Gasteiger partial charge < -0.3 is 10.6 Å². The van der Waals surface area contributed by atoms with E-state index in [1.54, 1.807) is 0 Å². The van der Waals surface area contributed by atoms with Crippen LogP contribution < -0.4 is 10.6 Å². The van der Waals surface area contributed by atoms with Gasteiger partial charge in [0.2, 0.25) is 5.91 Å². The van der Waals surface area contributed by atoms with Gasteiger partial charge in [-0.1, -0.05) is 18.5 Å². The van der Waals surface area contributed by atoms with Crippen LogP contribution in [0.1, 0.15) is 18.9 Å². The molecule has 0 unspecified atom stereocenters. The van der Waals surface area contributed by atoms with Gasteiger partial charge in [-0.25, -0.2) is 0 Å². The largest absolute Gasteiger partial charge is 0.416 e. The van der Waals surface area contributed by atoms with E-state index in [1.165, 1.54) is 6.07 Å². The zero-order chi connectivity index (χ0) is 14.5. The number of benzene rings is 1. The Morgan fingerprint density at radius 2 is 2.00 bits per heavy atom. The van der Waals surface area contributed by atoms with Gasteiger partial charge in [0, 0.05) is 10.7 Å². The minimum atomic E-state index is -4.50. The Kier molecular flexibility index (Phi) is 5.62. The Bertz CT molecular complexity index is 449. The number of amides is 1. The highest BCUT2D eigenvalue weighted by molar-refractivity contribution is 6.31. The molecule has 0 aliphatic carbocycles. The molecule has 0 saturated heterocycles. The van der Waals surface area contributed by atoms with Crippen molar-refractivity contribution >= 4 is 23.2 Å². The molecular formula is C12H14ClF3N2O. The van der Waals surface area contributed by atoms with Gasteiger partial charge in [0.1, 0.15) is 0 Å². The molecule has 0 fully saturated rings. The molecule has 0 aromatic heterocycles. The SMILES string of the molecule is CCCNCC(=O)Nc1cc(Cl)cc(C(F)(F)F)c1. The predicted molar refractivity (Wildman–Crippen MR) is 68.2 cm³/mol. The Labute approximate surface area is 114 Å². The molecule has 1 aromatic rings. The number of carbonyl (C=O) groups excluding carboxylic acids is 1. The van der Waals surface area contributed by atoms with Gasteiger partial charge in [-0.2, -0.15) is 13.2 Å². The van der Waals surface area contributed by atoms with E-state index in [2.05, 4.69) is 10.6 Å². The summed E-state index contributed by atoms with van der Waals surface area (Å²) in [6.07, 6.45) is -3.63. The molecule has 106 valence electrons. The van der Waals surface area contributed by atoms with Crippen molar-refractivity contribution in [2.24, 2.45) is 0 Å². The van der Waals surface area contributed by atoms with Gasteiger partial charge in [0.15, 0.2) is 0 Å². The van der Waals surface area contributed by atoms with Crippen molar-refractivity contribution in [3.05, 3.63) is 28.8 Å². The summed E-state index contributed by atoms with van der Waals surface area (Å²) in [5.74, 6) is -0.413. The summed E-state index contributed by atoms with van der Waals surface area (Å²) >= 11 is 5.60. The number of carbonyl (C=O) groups is 1. The molecular weight excluding hydrogens is 281 g/mol. The van der Waals surface area contributed by atoms with E-state index in [0.29, 0.717) is 6.54 Å². The highest BCUT2D eigenvalue weighted by Gasteiger charge is 2.31. The predicted octanol–water partition coefficient (Wildman–Crippen LogP) is 3.30. The molecule has 0 aliphatic heterocycles. The van der Waals surface area contributed by atoms with Crippen LogP contribution in [0, 0.1) is 0 Å². The van der Waals surface area contributed by atoms with Crippen LogP contribution in [0.25, 0.3) is 0 Å². The lowest BCUT2D eigenvalue weighted by atomic mass is 10.2. The lowest BCUT2D eigenvalue weighted by Gasteiger charge is -2.11. The number of anilines is 1. The number of hydrogen-bond acceptors (Lipinski definition) is 2. The summed E-state index contributed by atoms with van der Waals surface area (Å²) in [5, 5.41) is 5.14. The first-order valence-electron chi connectivity index (χ1n) is 5.71. The van der Waals surface area contributed by atoms with Crippen molar-refractivity contribution in [1.29, 1.82) is 0 Å². The second-order valence-electron chi connectivity index (χ2n) is 3.95. The fourth-order valence-corrected chi connectivity index (χ4v) is 1.64. The molecule has 0 bridgehead atoms. The van der Waals surface area contributed by atoms with Crippen LogP contribution in [-0.4, -0.2) is 19.0 Å². The summed E-state index contributed by atoms with van der Waals surface area (Å²) < 4.78 is 37.7. The van der Waals surface area contributed by atoms with E-state index in [9.17, 15) is 18.0 Å². The van der Waals surface area contributed by atoms with Gasteiger partial charge in [-0.05, 0) is 31.2 Å². The van der Waals surface area contributed by atoms with Gasteiger partial charge in [0.25, 0.3) is 0 Å². The quantitative estimate of drug-likeness (QED) is 0.818. The third kappa shape index (κ3) is 5.48. The molecule has 19 heavy (non-hydrogen) atoms. The van der Waals surface area contributed by atoms with E-state index in [1.807, 2.05) is 6.92 Å². The molecule has 0 aliphatic rings. The van der Waals surface area contributed by atoms with Gasteiger partial charge in [0.05, 0.1) is 12.1 Å². The first-order chi connectivity index (χ1) is 8.82. The summed E-state index contributed by atoms with van der Waals surface area (Å²) in [4.78, 5) is 11.5. The van der Waals surface area contributed by atoms with Gasteiger partial charge >= 0.3 is 6.18 Å². The van der Waals surface area contributed by atoms with Crippen LogP contribution in [-0.2, 0) is 11.0 Å². The maximum absolute atomic E-state index is 12.6. The number of hydrogen-bond donors (Lipinski definition) is 2. The van der Waals surface area contributed by atoms with E-state index >= 15 is 0 Å². The van der Waals surface area contributed by atoms with Crippen molar-refractivity contribution in [2.75, 3.05) is 18.4 Å². The molecule has 0 heterocycles. The van der Waals surface area contributed by atoms with Gasteiger partial charge in [-0.15, -0.1) is 0 Å². The normalized spacial score (nSPS) is 11.4. The maximum Gasteiger partial charge on any atom is 0.416 e. The molecule has 0 saturated carbocycles. The topological polar surface area (TPSA) is 41.1 Å². The first kappa shape index (κ1) is 15.8. The average molecular weight is 295 g/mol. The van der Waals surface area contributed by atoms with Crippen LogP contribution in [0.3, 0.4) is 0 Å². The number of alkyl halides is 3. The van der Waals surface area contributed by atoms with Crippen molar-refractivity contribution in [3.63, 3.8) is 0 Å². The fourth-order valence-electron chi connectivity index (χ4n) is 1.41. The van der Waals surface area contributed by atoms with Gasteiger partial charge in [-0.3, -0.25) is 4.79 Å². The monoisotopic (exact) mass is 294 g/mol. The standard InChI is InChI=1S/C12H14ClF3N2O/c1-2-3-17-7-11(19)18-10-5-8(12(14,15)16)4-9(13)6-10/h4-6,17H,2-3,7H2,1H3,(H,18,19).